The zero-order chi connectivity index (χ0) is 15.5. The minimum absolute atomic E-state index is 0.00328. The van der Waals surface area contributed by atoms with E-state index in [4.69, 9.17) is 5.26 Å². The van der Waals surface area contributed by atoms with E-state index in [1.54, 1.807) is 19.1 Å². The molecule has 6 heteroatoms. The van der Waals surface area contributed by atoms with Crippen LogP contribution in [0, 0.1) is 11.3 Å². The number of sulfonamides is 1. The van der Waals surface area contributed by atoms with Crippen LogP contribution < -0.4 is 4.72 Å². The first-order chi connectivity index (χ1) is 9.94. The molecule has 4 nitrogen and oxygen atoms in total. The third kappa shape index (κ3) is 3.70. The second-order valence-electron chi connectivity index (χ2n) is 4.50. The number of nitriles is 1. The summed E-state index contributed by atoms with van der Waals surface area (Å²) in [7, 11) is -3.74. The van der Waals surface area contributed by atoms with Gasteiger partial charge < -0.3 is 0 Å². The molecule has 0 aliphatic heterocycles. The van der Waals surface area contributed by atoms with Crippen molar-refractivity contribution in [2.45, 2.75) is 17.9 Å². The Morgan fingerprint density at radius 1 is 1.14 bits per heavy atom. The van der Waals surface area contributed by atoms with Gasteiger partial charge in [-0.25, -0.2) is 13.1 Å². The minimum atomic E-state index is -3.74. The minimum Gasteiger partial charge on any atom is -0.207 e. The van der Waals surface area contributed by atoms with Crippen molar-refractivity contribution in [1.29, 1.82) is 5.26 Å². The fourth-order valence-electron chi connectivity index (χ4n) is 1.91. The van der Waals surface area contributed by atoms with Crippen LogP contribution in [0.2, 0.25) is 0 Å². The van der Waals surface area contributed by atoms with Gasteiger partial charge in [0.2, 0.25) is 10.0 Å². The van der Waals surface area contributed by atoms with E-state index >= 15 is 0 Å². The maximum Gasteiger partial charge on any atom is 0.242 e. The molecule has 2 rings (SSSR count). The van der Waals surface area contributed by atoms with E-state index in [0.29, 0.717) is 0 Å². The third-order valence-electron chi connectivity index (χ3n) is 3.00. The summed E-state index contributed by atoms with van der Waals surface area (Å²) in [6, 6.07) is 15.0. The Morgan fingerprint density at radius 2 is 1.76 bits per heavy atom. The van der Waals surface area contributed by atoms with Crippen LogP contribution in [0.3, 0.4) is 0 Å². The SMILES string of the molecule is C[C@H](NS(=O)(=O)c1ccccc1C#N)c1ccc(Br)cc1. The maximum absolute atomic E-state index is 12.4. The highest BCUT2D eigenvalue weighted by Gasteiger charge is 2.21. The highest BCUT2D eigenvalue weighted by Crippen LogP contribution is 2.20. The second kappa shape index (κ2) is 6.39. The highest BCUT2D eigenvalue weighted by molar-refractivity contribution is 9.10. The van der Waals surface area contributed by atoms with Crippen molar-refractivity contribution in [1.82, 2.24) is 4.72 Å². The first-order valence-corrected chi connectivity index (χ1v) is 8.48. The van der Waals surface area contributed by atoms with Crippen molar-refractivity contribution in [3.63, 3.8) is 0 Å². The Morgan fingerprint density at radius 3 is 2.38 bits per heavy atom. The van der Waals surface area contributed by atoms with Crippen molar-refractivity contribution in [2.75, 3.05) is 0 Å². The van der Waals surface area contributed by atoms with Gasteiger partial charge in [0.05, 0.1) is 10.5 Å². The zero-order valence-electron chi connectivity index (χ0n) is 11.2. The van der Waals surface area contributed by atoms with Gasteiger partial charge in [0, 0.05) is 10.5 Å². The molecule has 0 aliphatic rings. The van der Waals surface area contributed by atoms with E-state index in [0.717, 1.165) is 10.0 Å². The molecule has 0 radical (unpaired) electrons. The lowest BCUT2D eigenvalue weighted by Gasteiger charge is -2.15. The number of nitrogens with one attached hydrogen (secondary N) is 1. The molecule has 0 aliphatic carbocycles. The van der Waals surface area contributed by atoms with Gasteiger partial charge in [0.1, 0.15) is 6.07 Å². The Bertz CT molecular complexity index is 780. The van der Waals surface area contributed by atoms with Gasteiger partial charge in [0.25, 0.3) is 0 Å². The number of halogens is 1. The Kier molecular flexibility index (Phi) is 4.78. The molecular formula is C15H13BrN2O2S. The Hall–Kier alpha value is -1.68. The molecule has 0 unspecified atom stereocenters. The van der Waals surface area contributed by atoms with Gasteiger partial charge in [0.15, 0.2) is 0 Å². The van der Waals surface area contributed by atoms with Crippen molar-refractivity contribution < 1.29 is 8.42 Å². The van der Waals surface area contributed by atoms with Crippen LogP contribution in [0.15, 0.2) is 57.9 Å². The lowest BCUT2D eigenvalue weighted by Crippen LogP contribution is -2.27. The van der Waals surface area contributed by atoms with Crippen LogP contribution in [0.4, 0.5) is 0 Å². The Labute approximate surface area is 132 Å². The number of rotatable bonds is 4. The third-order valence-corrected chi connectivity index (χ3v) is 5.13. The predicted molar refractivity (Wildman–Crippen MR) is 84.0 cm³/mol. The summed E-state index contributed by atoms with van der Waals surface area (Å²) in [6.45, 7) is 1.76. The van der Waals surface area contributed by atoms with Crippen LogP contribution in [-0.4, -0.2) is 8.42 Å². The molecule has 1 N–H and O–H groups in total. The molecule has 0 amide bonds. The van der Waals surface area contributed by atoms with Gasteiger partial charge in [-0.1, -0.05) is 40.2 Å². The van der Waals surface area contributed by atoms with Gasteiger partial charge in [-0.2, -0.15) is 5.26 Å². The van der Waals surface area contributed by atoms with Crippen molar-refractivity contribution >= 4 is 26.0 Å². The molecule has 2 aromatic rings. The largest absolute Gasteiger partial charge is 0.242 e. The number of hydrogen-bond donors (Lipinski definition) is 1. The van der Waals surface area contributed by atoms with Crippen molar-refractivity contribution in [3.05, 3.63) is 64.1 Å². The van der Waals surface area contributed by atoms with Crippen molar-refractivity contribution in [3.8, 4) is 6.07 Å². The molecule has 0 saturated carbocycles. The number of nitrogens with zero attached hydrogens (tertiary/aromatic N) is 1. The van der Waals surface area contributed by atoms with Crippen LogP contribution in [0.1, 0.15) is 24.1 Å². The molecule has 21 heavy (non-hydrogen) atoms. The van der Waals surface area contributed by atoms with Crippen LogP contribution in [0.25, 0.3) is 0 Å². The fraction of sp³-hybridized carbons (Fsp3) is 0.133. The highest BCUT2D eigenvalue weighted by atomic mass is 79.9. The molecule has 0 aromatic heterocycles. The Balaban J connectivity index is 2.29. The summed E-state index contributed by atoms with van der Waals surface area (Å²) in [5.74, 6) is 0. The standard InChI is InChI=1S/C15H13BrN2O2S/c1-11(12-6-8-14(16)9-7-12)18-21(19,20)15-5-3-2-4-13(15)10-17/h2-9,11,18H,1H3/t11-/m0/s1. The lowest BCUT2D eigenvalue weighted by molar-refractivity contribution is 0.566. The molecular weight excluding hydrogens is 352 g/mol. The van der Waals surface area contributed by atoms with E-state index < -0.39 is 16.1 Å². The molecule has 2 aromatic carbocycles. The molecule has 1 atom stereocenters. The topological polar surface area (TPSA) is 70.0 Å². The molecule has 0 spiro atoms. The molecule has 0 fully saturated rings. The second-order valence-corrected chi connectivity index (χ2v) is 7.10. The van der Waals surface area contributed by atoms with E-state index in [2.05, 4.69) is 20.7 Å². The first-order valence-electron chi connectivity index (χ1n) is 6.21. The summed E-state index contributed by atoms with van der Waals surface area (Å²) in [6.07, 6.45) is 0. The molecule has 0 bridgehead atoms. The van der Waals surface area contributed by atoms with E-state index in [1.807, 2.05) is 30.3 Å². The lowest BCUT2D eigenvalue weighted by atomic mass is 10.1. The van der Waals surface area contributed by atoms with Crippen LogP contribution in [-0.2, 0) is 10.0 Å². The maximum atomic E-state index is 12.4. The molecule has 0 heterocycles. The van der Waals surface area contributed by atoms with Gasteiger partial charge in [-0.05, 0) is 36.8 Å². The summed E-state index contributed by atoms with van der Waals surface area (Å²) in [4.78, 5) is -0.00328. The van der Waals surface area contributed by atoms with Gasteiger partial charge in [-0.15, -0.1) is 0 Å². The van der Waals surface area contributed by atoms with E-state index in [1.165, 1.54) is 12.1 Å². The predicted octanol–water partition coefficient (Wildman–Crippen LogP) is 3.36. The van der Waals surface area contributed by atoms with E-state index in [-0.39, 0.29) is 10.5 Å². The van der Waals surface area contributed by atoms with Gasteiger partial charge >= 0.3 is 0 Å². The van der Waals surface area contributed by atoms with Crippen LogP contribution >= 0.6 is 15.9 Å². The van der Waals surface area contributed by atoms with Crippen molar-refractivity contribution in [2.24, 2.45) is 0 Å². The smallest absolute Gasteiger partial charge is 0.207 e. The molecule has 0 saturated heterocycles. The quantitative estimate of drug-likeness (QED) is 0.903. The summed E-state index contributed by atoms with van der Waals surface area (Å²) < 4.78 is 28.3. The van der Waals surface area contributed by atoms with E-state index in [9.17, 15) is 8.42 Å². The summed E-state index contributed by atoms with van der Waals surface area (Å²) >= 11 is 3.34. The summed E-state index contributed by atoms with van der Waals surface area (Å²) in [5.41, 5.74) is 0.976. The van der Waals surface area contributed by atoms with Crippen LogP contribution in [0.5, 0.6) is 0 Å². The van der Waals surface area contributed by atoms with Gasteiger partial charge in [-0.3, -0.25) is 0 Å². The fourth-order valence-corrected chi connectivity index (χ4v) is 3.56. The number of hydrogen-bond acceptors (Lipinski definition) is 3. The normalized spacial score (nSPS) is 12.6. The average Bonchev–Trinajstić information content (AvgIpc) is 2.47. The zero-order valence-corrected chi connectivity index (χ0v) is 13.6. The molecule has 108 valence electrons. The average molecular weight is 365 g/mol. The monoisotopic (exact) mass is 364 g/mol. The number of benzene rings is 2. The first kappa shape index (κ1) is 15.7. The summed E-state index contributed by atoms with van der Waals surface area (Å²) in [5, 5.41) is 9.02.